The molecule has 4 heterocycles. The standard InChI is InChI=1S/C33H40N4O7/c1-15(2)8-25(39)35-13-24-27-20(31(44-18(5)38)17(4)32-33(27)43-14-42-32)11-22-28-26-19(9-16(3)30(41-7)29(26)40)10-21(36(28)6)23(12-34)37(22)24/h9,15,21-24,28,40H,8,10-11,13-14H2,1-7H3,(H,35,39)/t21?,22?,23-,24-,28-/m0/s1. The third-order valence-corrected chi connectivity index (χ3v) is 9.60. The molecule has 0 spiro atoms. The molecule has 0 aromatic heterocycles. The van der Waals surface area contributed by atoms with Crippen LogP contribution in [0.4, 0.5) is 0 Å². The van der Waals surface area contributed by atoms with E-state index in [4.69, 9.17) is 18.9 Å². The predicted octanol–water partition coefficient (Wildman–Crippen LogP) is 3.61. The zero-order valence-electron chi connectivity index (χ0n) is 26.3. The van der Waals surface area contributed by atoms with Gasteiger partial charge in [-0.05, 0) is 50.8 Å². The van der Waals surface area contributed by atoms with Crippen LogP contribution in [0.25, 0.3) is 0 Å². The minimum Gasteiger partial charge on any atom is -0.504 e. The first kappa shape index (κ1) is 30.0. The number of piperazine rings is 1. The van der Waals surface area contributed by atoms with Gasteiger partial charge < -0.3 is 29.4 Å². The first-order chi connectivity index (χ1) is 21.0. The fraction of sp³-hybridized carbons (Fsp3) is 0.545. The molecule has 1 amide bonds. The second-order valence-electron chi connectivity index (χ2n) is 12.7. The maximum atomic E-state index is 13.0. The first-order valence-electron chi connectivity index (χ1n) is 15.2. The van der Waals surface area contributed by atoms with Gasteiger partial charge in [-0.3, -0.25) is 19.4 Å². The fourth-order valence-corrected chi connectivity index (χ4v) is 7.96. The predicted molar refractivity (Wildman–Crippen MR) is 160 cm³/mol. The highest BCUT2D eigenvalue weighted by atomic mass is 16.7. The Morgan fingerprint density at radius 2 is 1.89 bits per heavy atom. The average molecular weight is 605 g/mol. The van der Waals surface area contributed by atoms with E-state index in [9.17, 15) is 20.0 Å². The number of carbonyl (C=O) groups excluding carboxylic acids is 2. The van der Waals surface area contributed by atoms with Gasteiger partial charge in [0.25, 0.3) is 0 Å². The maximum absolute atomic E-state index is 13.0. The summed E-state index contributed by atoms with van der Waals surface area (Å²) >= 11 is 0. The van der Waals surface area contributed by atoms with E-state index in [1.54, 1.807) is 7.11 Å². The topological polar surface area (TPSA) is 134 Å². The highest BCUT2D eigenvalue weighted by Crippen LogP contribution is 2.58. The van der Waals surface area contributed by atoms with Crippen molar-refractivity contribution >= 4 is 11.9 Å². The van der Waals surface area contributed by atoms with E-state index in [1.807, 2.05) is 34.7 Å². The Kier molecular flexibility index (Phi) is 7.62. The molecule has 4 aliphatic heterocycles. The number of methoxy groups -OCH3 is 1. The number of fused-ring (bicyclic) bond motifs is 9. The van der Waals surface area contributed by atoms with Crippen molar-refractivity contribution in [3.63, 3.8) is 0 Å². The molecule has 234 valence electrons. The van der Waals surface area contributed by atoms with Gasteiger partial charge in [0.1, 0.15) is 11.8 Å². The van der Waals surface area contributed by atoms with Gasteiger partial charge in [0, 0.05) is 54.2 Å². The highest BCUT2D eigenvalue weighted by molar-refractivity contribution is 5.77. The molecule has 5 atom stereocenters. The normalized spacial score (nSPS) is 25.0. The first-order valence-corrected chi connectivity index (χ1v) is 15.2. The summed E-state index contributed by atoms with van der Waals surface area (Å²) in [5, 5.41) is 25.5. The molecule has 2 bridgehead atoms. The van der Waals surface area contributed by atoms with Crippen LogP contribution in [0.1, 0.15) is 72.7 Å². The van der Waals surface area contributed by atoms with Gasteiger partial charge in [0.05, 0.1) is 25.3 Å². The van der Waals surface area contributed by atoms with Crippen molar-refractivity contribution in [2.24, 2.45) is 5.92 Å². The Labute approximate surface area is 257 Å². The number of phenols is 1. The van der Waals surface area contributed by atoms with Crippen molar-refractivity contribution in [2.45, 2.75) is 84.1 Å². The molecular weight excluding hydrogens is 564 g/mol. The summed E-state index contributed by atoms with van der Waals surface area (Å²) in [7, 11) is 3.55. The van der Waals surface area contributed by atoms with Crippen LogP contribution in [0.15, 0.2) is 6.07 Å². The molecule has 6 rings (SSSR count). The van der Waals surface area contributed by atoms with Gasteiger partial charge in [-0.2, -0.15) is 5.26 Å². The van der Waals surface area contributed by atoms with Crippen LogP contribution in [0.2, 0.25) is 0 Å². The third-order valence-electron chi connectivity index (χ3n) is 9.60. The summed E-state index contributed by atoms with van der Waals surface area (Å²) in [6, 6.07) is 2.79. The number of aryl methyl sites for hydroxylation is 1. The van der Waals surface area contributed by atoms with Gasteiger partial charge in [-0.1, -0.05) is 19.9 Å². The number of likely N-dealkylation sites (N-methyl/N-ethyl adjacent to an activating group) is 1. The fourth-order valence-electron chi connectivity index (χ4n) is 7.96. The Hall–Kier alpha value is -4.01. The summed E-state index contributed by atoms with van der Waals surface area (Å²) in [4.78, 5) is 29.8. The van der Waals surface area contributed by atoms with Crippen LogP contribution >= 0.6 is 0 Å². The Balaban J connectivity index is 1.59. The quantitative estimate of drug-likeness (QED) is 0.372. The second-order valence-corrected chi connectivity index (χ2v) is 12.7. The van der Waals surface area contributed by atoms with Crippen molar-refractivity contribution in [2.75, 3.05) is 27.5 Å². The van der Waals surface area contributed by atoms with E-state index in [0.717, 1.165) is 27.8 Å². The van der Waals surface area contributed by atoms with Crippen molar-refractivity contribution in [3.05, 3.63) is 39.4 Å². The van der Waals surface area contributed by atoms with E-state index in [1.165, 1.54) is 6.92 Å². The molecular formula is C33H40N4O7. The number of nitrogens with one attached hydrogen (secondary N) is 1. The third kappa shape index (κ3) is 4.54. The Bertz CT molecular complexity index is 1580. The monoisotopic (exact) mass is 604 g/mol. The smallest absolute Gasteiger partial charge is 0.308 e. The summed E-state index contributed by atoms with van der Waals surface area (Å²) in [6.07, 6.45) is 1.33. The van der Waals surface area contributed by atoms with E-state index < -0.39 is 18.1 Å². The summed E-state index contributed by atoms with van der Waals surface area (Å²) in [5.74, 6) is 1.62. The molecule has 2 aromatic rings. The number of benzene rings is 2. The molecule has 1 fully saturated rings. The van der Waals surface area contributed by atoms with Crippen LogP contribution in [0, 0.1) is 31.1 Å². The van der Waals surface area contributed by atoms with E-state index in [-0.39, 0.29) is 49.0 Å². The second kappa shape index (κ2) is 11.2. The van der Waals surface area contributed by atoms with Gasteiger partial charge in [-0.15, -0.1) is 0 Å². The number of rotatable bonds is 6. The average Bonchev–Trinajstić information content (AvgIpc) is 3.44. The zero-order chi connectivity index (χ0) is 31.6. The molecule has 0 saturated carbocycles. The SMILES string of the molecule is COc1c(C)cc2c(c1O)[C@@H]1C3Cc4c(OC(C)=O)c(C)c5c(c4[C@H](CNC(=O)CC(C)C)N3[C@@H](C#N)C(C2)N1C)OCO5. The lowest BCUT2D eigenvalue weighted by molar-refractivity contribution is -0.132. The lowest BCUT2D eigenvalue weighted by Crippen LogP contribution is -2.68. The van der Waals surface area contributed by atoms with E-state index in [2.05, 4.69) is 27.3 Å². The minimum atomic E-state index is -0.546. The maximum Gasteiger partial charge on any atom is 0.308 e. The molecule has 0 radical (unpaired) electrons. The Morgan fingerprint density at radius 1 is 1.16 bits per heavy atom. The number of amides is 1. The number of phenolic OH excluding ortho intramolecular Hbond substituents is 1. The number of nitriles is 1. The lowest BCUT2D eigenvalue weighted by Gasteiger charge is -2.60. The van der Waals surface area contributed by atoms with Crippen molar-refractivity contribution in [3.8, 4) is 34.8 Å². The number of carbonyl (C=O) groups is 2. The number of hydrogen-bond donors (Lipinski definition) is 2. The number of aromatic hydroxyl groups is 1. The van der Waals surface area contributed by atoms with Crippen LogP contribution in [-0.4, -0.2) is 72.4 Å². The van der Waals surface area contributed by atoms with Gasteiger partial charge >= 0.3 is 5.97 Å². The molecule has 11 heteroatoms. The van der Waals surface area contributed by atoms with Gasteiger partial charge in [0.2, 0.25) is 12.7 Å². The molecule has 44 heavy (non-hydrogen) atoms. The molecule has 4 aliphatic rings. The van der Waals surface area contributed by atoms with Crippen molar-refractivity contribution in [1.29, 1.82) is 5.26 Å². The lowest BCUT2D eigenvalue weighted by atomic mass is 9.71. The van der Waals surface area contributed by atoms with Crippen molar-refractivity contribution in [1.82, 2.24) is 15.1 Å². The highest BCUT2D eigenvalue weighted by Gasteiger charge is 2.56. The number of ether oxygens (including phenoxy) is 4. The Morgan fingerprint density at radius 3 is 2.55 bits per heavy atom. The minimum absolute atomic E-state index is 0.0120. The van der Waals surface area contributed by atoms with Crippen LogP contribution in [-0.2, 0) is 22.4 Å². The number of nitrogens with zero attached hydrogens (tertiary/aromatic N) is 3. The largest absolute Gasteiger partial charge is 0.504 e. The molecule has 2 unspecified atom stereocenters. The van der Waals surface area contributed by atoms with Crippen LogP contribution in [0.3, 0.4) is 0 Å². The van der Waals surface area contributed by atoms with Gasteiger partial charge in [-0.25, -0.2) is 0 Å². The number of esters is 1. The zero-order valence-corrected chi connectivity index (χ0v) is 26.3. The van der Waals surface area contributed by atoms with Crippen LogP contribution in [0.5, 0.6) is 28.7 Å². The number of hydrogen-bond acceptors (Lipinski definition) is 10. The summed E-state index contributed by atoms with van der Waals surface area (Å²) < 4.78 is 23.5. The van der Waals surface area contributed by atoms with E-state index in [0.29, 0.717) is 47.8 Å². The van der Waals surface area contributed by atoms with Crippen molar-refractivity contribution < 1.29 is 33.6 Å². The van der Waals surface area contributed by atoms with E-state index >= 15 is 0 Å². The molecule has 2 aromatic carbocycles. The molecule has 2 N–H and O–H groups in total. The summed E-state index contributed by atoms with van der Waals surface area (Å²) in [5.41, 5.74) is 4.79. The molecule has 1 saturated heterocycles. The van der Waals surface area contributed by atoms with Gasteiger partial charge in [0.15, 0.2) is 23.0 Å². The summed E-state index contributed by atoms with van der Waals surface area (Å²) in [6.45, 7) is 9.32. The van der Waals surface area contributed by atoms with Crippen LogP contribution < -0.4 is 24.3 Å². The molecule has 0 aliphatic carbocycles. The molecule has 11 nitrogen and oxygen atoms in total.